The summed E-state index contributed by atoms with van der Waals surface area (Å²) in [6, 6.07) is 6.52. The highest BCUT2D eigenvalue weighted by Gasteiger charge is 2.29. The van der Waals surface area contributed by atoms with Gasteiger partial charge in [-0.05, 0) is 36.5 Å². The van der Waals surface area contributed by atoms with Crippen LogP contribution in [0.3, 0.4) is 0 Å². The summed E-state index contributed by atoms with van der Waals surface area (Å²) in [5.74, 6) is 0.245. The molecule has 2 heteroatoms. The molecule has 1 heterocycles. The van der Waals surface area contributed by atoms with Gasteiger partial charge in [-0.15, -0.1) is 6.58 Å². The topological polar surface area (TPSA) is 29.1 Å². The second-order valence-corrected chi connectivity index (χ2v) is 5.08. The first-order valence-corrected chi connectivity index (χ1v) is 6.47. The maximum Gasteiger partial charge on any atom is 0.179 e. The monoisotopic (exact) mass is 239 g/mol. The number of fused-ring (bicyclic) bond motifs is 2. The Morgan fingerprint density at radius 1 is 1.39 bits per heavy atom. The van der Waals surface area contributed by atoms with E-state index in [-0.39, 0.29) is 11.8 Å². The van der Waals surface area contributed by atoms with E-state index in [2.05, 4.69) is 37.0 Å². The zero-order valence-electron chi connectivity index (χ0n) is 10.6. The lowest BCUT2D eigenvalue weighted by Gasteiger charge is -2.32. The molecular weight excluding hydrogens is 222 g/mol. The number of aryl methyl sites for hydroxylation is 1. The molecule has 18 heavy (non-hydrogen) atoms. The van der Waals surface area contributed by atoms with Gasteiger partial charge in [-0.3, -0.25) is 4.79 Å². The second kappa shape index (κ2) is 4.13. The van der Waals surface area contributed by atoms with Crippen molar-refractivity contribution < 1.29 is 4.79 Å². The molecule has 1 atom stereocenters. The molecule has 0 saturated heterocycles. The van der Waals surface area contributed by atoms with Crippen molar-refractivity contribution in [3.8, 4) is 0 Å². The molecule has 1 aliphatic heterocycles. The van der Waals surface area contributed by atoms with E-state index in [0.717, 1.165) is 18.5 Å². The molecule has 1 aromatic carbocycles. The summed E-state index contributed by atoms with van der Waals surface area (Å²) >= 11 is 0. The number of ketones is 1. The van der Waals surface area contributed by atoms with E-state index >= 15 is 0 Å². The van der Waals surface area contributed by atoms with Gasteiger partial charge in [0.15, 0.2) is 5.78 Å². The Morgan fingerprint density at radius 2 is 2.22 bits per heavy atom. The molecule has 0 aromatic heterocycles. The average Bonchev–Trinajstić information content (AvgIpc) is 2.38. The molecule has 1 unspecified atom stereocenters. The maximum atomic E-state index is 12.0. The number of allylic oxidation sites excluding steroid dienone is 2. The van der Waals surface area contributed by atoms with Gasteiger partial charge in [-0.2, -0.15) is 0 Å². The summed E-state index contributed by atoms with van der Waals surface area (Å²) in [6.45, 7) is 5.97. The normalized spacial score (nSPS) is 22.1. The van der Waals surface area contributed by atoms with E-state index in [1.165, 1.54) is 22.3 Å². The Bertz CT molecular complexity index is 568. The lowest BCUT2D eigenvalue weighted by Crippen LogP contribution is -2.32. The Morgan fingerprint density at radius 3 is 3.00 bits per heavy atom. The van der Waals surface area contributed by atoms with Gasteiger partial charge in [-0.25, -0.2) is 0 Å². The molecule has 0 radical (unpaired) electrons. The van der Waals surface area contributed by atoms with E-state index in [1.54, 1.807) is 0 Å². The first kappa shape index (κ1) is 11.3. The number of hydrogen-bond acceptors (Lipinski definition) is 2. The fourth-order valence-corrected chi connectivity index (χ4v) is 2.91. The van der Waals surface area contributed by atoms with Gasteiger partial charge >= 0.3 is 0 Å². The van der Waals surface area contributed by atoms with Crippen molar-refractivity contribution >= 4 is 11.4 Å². The van der Waals surface area contributed by atoms with Crippen LogP contribution in [0.5, 0.6) is 0 Å². The van der Waals surface area contributed by atoms with Crippen molar-refractivity contribution in [1.82, 2.24) is 5.32 Å². The van der Waals surface area contributed by atoms with Crippen LogP contribution in [0.2, 0.25) is 0 Å². The Labute approximate surface area is 107 Å². The van der Waals surface area contributed by atoms with E-state index < -0.39 is 0 Å². The van der Waals surface area contributed by atoms with Crippen LogP contribution in [0.1, 0.15) is 42.0 Å². The van der Waals surface area contributed by atoms with Crippen LogP contribution < -0.4 is 5.32 Å². The molecule has 0 spiro atoms. The first-order valence-electron chi connectivity index (χ1n) is 6.47. The number of carbonyl (C=O) groups excluding carboxylic acids is 1. The molecule has 0 amide bonds. The molecule has 2 nitrogen and oxygen atoms in total. The van der Waals surface area contributed by atoms with Crippen molar-refractivity contribution in [2.45, 2.75) is 32.2 Å². The first-order chi connectivity index (χ1) is 8.70. The largest absolute Gasteiger partial charge is 0.372 e. The van der Waals surface area contributed by atoms with E-state index in [9.17, 15) is 4.79 Å². The van der Waals surface area contributed by atoms with Crippen molar-refractivity contribution in [2.75, 3.05) is 0 Å². The third kappa shape index (κ3) is 1.60. The van der Waals surface area contributed by atoms with Crippen LogP contribution in [0.25, 0.3) is 5.57 Å². The molecule has 92 valence electrons. The predicted molar refractivity (Wildman–Crippen MR) is 73.0 cm³/mol. The molecule has 1 aromatic rings. The smallest absolute Gasteiger partial charge is 0.179 e. The van der Waals surface area contributed by atoms with Gasteiger partial charge in [0.2, 0.25) is 0 Å². The zero-order valence-corrected chi connectivity index (χ0v) is 10.6. The quantitative estimate of drug-likeness (QED) is 0.762. The Hall–Kier alpha value is -1.83. The van der Waals surface area contributed by atoms with Gasteiger partial charge in [0.1, 0.15) is 0 Å². The minimum atomic E-state index is 0.0562. The lowest BCUT2D eigenvalue weighted by atomic mass is 9.82. The third-order valence-corrected chi connectivity index (χ3v) is 3.81. The number of rotatable bonds is 1. The van der Waals surface area contributed by atoms with Gasteiger partial charge in [0.25, 0.3) is 0 Å². The fourth-order valence-electron chi connectivity index (χ4n) is 2.91. The summed E-state index contributed by atoms with van der Waals surface area (Å²) in [7, 11) is 0. The van der Waals surface area contributed by atoms with E-state index in [0.29, 0.717) is 6.42 Å². The summed E-state index contributed by atoms with van der Waals surface area (Å²) in [4.78, 5) is 12.0. The third-order valence-electron chi connectivity index (χ3n) is 3.81. The van der Waals surface area contributed by atoms with Crippen LogP contribution in [0.4, 0.5) is 0 Å². The zero-order chi connectivity index (χ0) is 12.7. The highest BCUT2D eigenvalue weighted by molar-refractivity contribution is 6.04. The number of hydrogen-bond donors (Lipinski definition) is 1. The Balaban J connectivity index is 2.22. The van der Waals surface area contributed by atoms with Crippen LogP contribution in [0.15, 0.2) is 36.6 Å². The van der Waals surface area contributed by atoms with Gasteiger partial charge in [0.05, 0.1) is 11.7 Å². The standard InChI is InChI=1S/C16H17NO/c1-3-14-13-9-10(2)7-8-11(13)12-5-4-6-15(18)16(12)17-14/h3,7-9,14,17H,1,4-6H2,2H3. The minimum absolute atomic E-state index is 0.0562. The molecule has 0 bridgehead atoms. The highest BCUT2D eigenvalue weighted by atomic mass is 16.1. The summed E-state index contributed by atoms with van der Waals surface area (Å²) < 4.78 is 0. The van der Waals surface area contributed by atoms with Gasteiger partial charge in [0, 0.05) is 6.42 Å². The number of carbonyl (C=O) groups is 1. The van der Waals surface area contributed by atoms with E-state index in [1.807, 2.05) is 6.08 Å². The van der Waals surface area contributed by atoms with Gasteiger partial charge < -0.3 is 5.32 Å². The van der Waals surface area contributed by atoms with Crippen LogP contribution in [-0.4, -0.2) is 5.78 Å². The second-order valence-electron chi connectivity index (χ2n) is 5.08. The molecule has 3 rings (SSSR count). The summed E-state index contributed by atoms with van der Waals surface area (Å²) in [5, 5.41) is 3.35. The van der Waals surface area contributed by atoms with Crippen LogP contribution in [0, 0.1) is 6.92 Å². The summed E-state index contributed by atoms with van der Waals surface area (Å²) in [5.41, 5.74) is 5.74. The SMILES string of the molecule is C=CC1NC2=C(CCCC2=O)c2ccc(C)cc21. The molecule has 1 aliphatic carbocycles. The van der Waals surface area contributed by atoms with Crippen LogP contribution >= 0.6 is 0 Å². The van der Waals surface area contributed by atoms with Crippen molar-refractivity contribution in [3.63, 3.8) is 0 Å². The highest BCUT2D eigenvalue weighted by Crippen LogP contribution is 2.38. The van der Waals surface area contributed by atoms with Crippen molar-refractivity contribution in [1.29, 1.82) is 0 Å². The number of benzene rings is 1. The van der Waals surface area contributed by atoms with Crippen molar-refractivity contribution in [3.05, 3.63) is 53.2 Å². The lowest BCUT2D eigenvalue weighted by molar-refractivity contribution is -0.116. The molecule has 0 saturated carbocycles. The number of nitrogens with one attached hydrogen (secondary N) is 1. The fraction of sp³-hybridized carbons (Fsp3) is 0.312. The molecule has 1 N–H and O–H groups in total. The van der Waals surface area contributed by atoms with Crippen molar-refractivity contribution in [2.24, 2.45) is 0 Å². The predicted octanol–water partition coefficient (Wildman–Crippen LogP) is 3.29. The molecular formula is C16H17NO. The summed E-state index contributed by atoms with van der Waals surface area (Å²) in [6.07, 6.45) is 4.50. The molecule has 0 fully saturated rings. The maximum absolute atomic E-state index is 12.0. The molecule has 2 aliphatic rings. The minimum Gasteiger partial charge on any atom is -0.372 e. The average molecular weight is 239 g/mol. The number of Topliss-reactive ketones (excluding diaryl/α,β-unsaturated/α-hetero) is 1. The van der Waals surface area contributed by atoms with Gasteiger partial charge in [-0.1, -0.05) is 29.8 Å². The van der Waals surface area contributed by atoms with Crippen LogP contribution in [-0.2, 0) is 4.79 Å². The Kier molecular flexibility index (Phi) is 2.58. The van der Waals surface area contributed by atoms with E-state index in [4.69, 9.17) is 0 Å².